The van der Waals surface area contributed by atoms with Crippen LogP contribution in [0.25, 0.3) is 0 Å². The molecule has 0 atom stereocenters. The summed E-state index contributed by atoms with van der Waals surface area (Å²) in [4.78, 5) is 0. The largest absolute Gasteiger partial charge is 0.278 e. The molecule has 0 aliphatic carbocycles. The molecule has 0 aliphatic rings. The summed E-state index contributed by atoms with van der Waals surface area (Å²) in [5.41, 5.74) is 1.72. The third kappa shape index (κ3) is 2.01. The molecule has 0 N–H and O–H groups in total. The van der Waals surface area contributed by atoms with Gasteiger partial charge in [0.2, 0.25) is 0 Å². The number of halogens is 2. The lowest BCUT2D eigenvalue weighted by Crippen LogP contribution is -2.31. The minimum absolute atomic E-state index is 0.0395. The highest BCUT2D eigenvalue weighted by molar-refractivity contribution is 7.48. The fraction of sp³-hybridized carbons (Fsp3) is 0.714. The molecule has 0 aromatic rings. The van der Waals surface area contributed by atoms with Crippen molar-refractivity contribution < 1.29 is 0 Å². The molecule has 0 aliphatic heterocycles. The van der Waals surface area contributed by atoms with E-state index < -0.39 is 6.69 Å². The summed E-state index contributed by atoms with van der Waals surface area (Å²) in [6.07, 6.45) is 0.998. The Morgan fingerprint density at radius 3 is 2.00 bits per heavy atom. The Morgan fingerprint density at radius 1 is 1.50 bits per heavy atom. The van der Waals surface area contributed by atoms with Gasteiger partial charge in [-0.2, -0.15) is 0 Å². The molecule has 0 nitrogen and oxygen atoms in total. The lowest BCUT2D eigenvalue weighted by Gasteiger charge is -2.31. The van der Waals surface area contributed by atoms with E-state index in [-0.39, 0.29) is 5.04 Å². The predicted octanol–water partition coefficient (Wildman–Crippen LogP) is 3.82. The first-order valence-corrected chi connectivity index (χ1v) is 7.49. The van der Waals surface area contributed by atoms with Gasteiger partial charge in [0.15, 0.2) is 0 Å². The molecule has 0 saturated heterocycles. The van der Waals surface area contributed by atoms with Crippen molar-refractivity contribution in [1.82, 2.24) is 0 Å². The number of rotatable bonds is 3. The first-order chi connectivity index (χ1) is 4.37. The number of hydrogen-bond acceptors (Lipinski definition) is 0. The van der Waals surface area contributed by atoms with Crippen molar-refractivity contribution in [3.63, 3.8) is 0 Å². The normalized spacial score (nSPS) is 13.3. The summed E-state index contributed by atoms with van der Waals surface area (Å²) < 4.78 is 0. The first-order valence-electron chi connectivity index (χ1n) is 3.39. The van der Waals surface area contributed by atoms with E-state index in [1.54, 1.807) is 5.70 Å². The molecule has 0 rings (SSSR count). The van der Waals surface area contributed by atoms with Crippen molar-refractivity contribution in [1.29, 1.82) is 0 Å². The molecular weight excluding hydrogens is 183 g/mol. The molecule has 60 valence electrons. The molecule has 0 amide bonds. The molecule has 0 fully saturated rings. The van der Waals surface area contributed by atoms with E-state index in [0.29, 0.717) is 0 Å². The highest BCUT2D eigenvalue weighted by Crippen LogP contribution is 2.45. The van der Waals surface area contributed by atoms with Gasteiger partial charge in [-0.05, 0) is 5.04 Å². The second-order valence-electron chi connectivity index (χ2n) is 3.06. The van der Waals surface area contributed by atoms with Gasteiger partial charge in [-0.1, -0.05) is 32.9 Å². The fourth-order valence-electron chi connectivity index (χ4n) is 0.512. The molecule has 0 bridgehead atoms. The van der Waals surface area contributed by atoms with Crippen LogP contribution in [0.4, 0.5) is 0 Å². The third-order valence-corrected chi connectivity index (χ3v) is 8.71. The summed E-state index contributed by atoms with van der Waals surface area (Å²) in [5, 5.41) is 0.0395. The van der Waals surface area contributed by atoms with Gasteiger partial charge < -0.3 is 0 Å². The van der Waals surface area contributed by atoms with Gasteiger partial charge in [0.1, 0.15) is 0 Å². The molecular formula is C7H14Cl2Si. The standard InChI is InChI=1S/C7H14Cl2Si/c1-5-7(3,4)10(8,9)6-2/h6H,2,5H2,1,3-4H3. The topological polar surface area (TPSA) is 0 Å². The van der Waals surface area contributed by atoms with Gasteiger partial charge in [-0.25, -0.2) is 0 Å². The van der Waals surface area contributed by atoms with Crippen molar-refractivity contribution in [2.75, 3.05) is 0 Å². The van der Waals surface area contributed by atoms with Crippen LogP contribution in [0.2, 0.25) is 5.04 Å². The first kappa shape index (κ1) is 10.5. The van der Waals surface area contributed by atoms with Gasteiger partial charge in [0, 0.05) is 0 Å². The molecule has 0 saturated carbocycles. The van der Waals surface area contributed by atoms with Crippen LogP contribution in [-0.2, 0) is 0 Å². The van der Waals surface area contributed by atoms with Gasteiger partial charge in [-0.3, -0.25) is 0 Å². The van der Waals surface area contributed by atoms with E-state index in [9.17, 15) is 0 Å². The van der Waals surface area contributed by atoms with Crippen molar-refractivity contribution >= 4 is 28.9 Å². The maximum atomic E-state index is 6.10. The zero-order valence-corrected chi connectivity index (χ0v) is 9.26. The Labute approximate surface area is 73.6 Å². The molecule has 0 aromatic heterocycles. The van der Waals surface area contributed by atoms with Crippen LogP contribution in [-0.4, -0.2) is 6.69 Å². The Balaban J connectivity index is 4.43. The fourth-order valence-corrected chi connectivity index (χ4v) is 2.34. The van der Waals surface area contributed by atoms with E-state index in [4.69, 9.17) is 22.2 Å². The molecule has 0 heterocycles. The van der Waals surface area contributed by atoms with Crippen molar-refractivity contribution in [2.45, 2.75) is 32.2 Å². The summed E-state index contributed by atoms with van der Waals surface area (Å²) in [5.74, 6) is 0. The molecule has 10 heavy (non-hydrogen) atoms. The zero-order valence-electron chi connectivity index (χ0n) is 6.75. The molecule has 0 aromatic carbocycles. The summed E-state index contributed by atoms with van der Waals surface area (Å²) in [6, 6.07) is 0. The van der Waals surface area contributed by atoms with E-state index in [1.165, 1.54) is 0 Å². The highest BCUT2D eigenvalue weighted by Gasteiger charge is 2.41. The van der Waals surface area contributed by atoms with E-state index in [1.807, 2.05) is 0 Å². The Bertz CT molecular complexity index is 130. The van der Waals surface area contributed by atoms with Crippen LogP contribution in [0.15, 0.2) is 12.3 Å². The lowest BCUT2D eigenvalue weighted by molar-refractivity contribution is 0.639. The molecule has 3 heteroatoms. The lowest BCUT2D eigenvalue weighted by atomic mass is 10.1. The van der Waals surface area contributed by atoms with Crippen LogP contribution >= 0.6 is 22.2 Å². The Morgan fingerprint density at radius 2 is 1.90 bits per heavy atom. The minimum atomic E-state index is -2.20. The predicted molar refractivity (Wildman–Crippen MR) is 52.0 cm³/mol. The third-order valence-electron chi connectivity index (χ3n) is 2.04. The van der Waals surface area contributed by atoms with Crippen molar-refractivity contribution in [2.24, 2.45) is 0 Å². The molecule has 0 unspecified atom stereocenters. The zero-order chi connectivity index (χ0) is 8.41. The van der Waals surface area contributed by atoms with Crippen molar-refractivity contribution in [3.8, 4) is 0 Å². The van der Waals surface area contributed by atoms with Gasteiger partial charge in [0.05, 0.1) is 0 Å². The Kier molecular flexibility index (Phi) is 3.47. The monoisotopic (exact) mass is 196 g/mol. The van der Waals surface area contributed by atoms with Crippen LogP contribution in [0.5, 0.6) is 0 Å². The highest BCUT2D eigenvalue weighted by atomic mass is 35.7. The minimum Gasteiger partial charge on any atom is -0.140 e. The van der Waals surface area contributed by atoms with Gasteiger partial charge >= 0.3 is 0 Å². The number of hydrogen-bond donors (Lipinski definition) is 0. The summed E-state index contributed by atoms with van der Waals surface area (Å²) in [7, 11) is 0. The maximum absolute atomic E-state index is 6.10. The second kappa shape index (κ2) is 3.29. The second-order valence-corrected chi connectivity index (χ2v) is 10.2. The summed E-state index contributed by atoms with van der Waals surface area (Å²) >= 11 is 12.2. The van der Waals surface area contributed by atoms with Crippen LogP contribution < -0.4 is 0 Å². The van der Waals surface area contributed by atoms with Crippen LogP contribution in [0, 0.1) is 0 Å². The van der Waals surface area contributed by atoms with Crippen LogP contribution in [0.3, 0.4) is 0 Å². The molecule has 0 radical (unpaired) electrons. The Hall–Kier alpha value is 0.537. The van der Waals surface area contributed by atoms with Gasteiger partial charge in [0.25, 0.3) is 6.69 Å². The smallest absolute Gasteiger partial charge is 0.140 e. The van der Waals surface area contributed by atoms with E-state index >= 15 is 0 Å². The van der Waals surface area contributed by atoms with Crippen molar-refractivity contribution in [3.05, 3.63) is 12.3 Å². The van der Waals surface area contributed by atoms with E-state index in [2.05, 4.69) is 27.4 Å². The average molecular weight is 197 g/mol. The summed E-state index contributed by atoms with van der Waals surface area (Å²) in [6.45, 7) is 7.71. The molecule has 0 spiro atoms. The SMILES string of the molecule is C=C[Si](Cl)(Cl)C(C)(C)CC. The maximum Gasteiger partial charge on any atom is 0.278 e. The van der Waals surface area contributed by atoms with Gasteiger partial charge in [-0.15, -0.1) is 28.7 Å². The average Bonchev–Trinajstić information content (AvgIpc) is 1.88. The van der Waals surface area contributed by atoms with Crippen LogP contribution in [0.1, 0.15) is 27.2 Å². The van der Waals surface area contributed by atoms with E-state index in [0.717, 1.165) is 6.42 Å². The quantitative estimate of drug-likeness (QED) is 0.476.